The average Bonchev–Trinajstić information content (AvgIpc) is 3.85. The standard InChI is InChI=1S/C44H56N4O7/c1-7-40-15-11-17-48-19-16-42(36(40)48)30-20-31(34(53-4)21-33(30)46(3)37(42)44(52,25-40)39(50)55-6)43(38(49)54-5)23-27-22-41(51,8-2)26-47(24-27)18-14-29-28-12-9-10-13-32(28)45-35(29)43/h9-13,15,20-21,27,36-37,45,51-52H,7-8,14,16-19,22-26H2,1-6H3/t27-,36+,37-,40+,41+,42?,43?,44-/m1/s1. The Morgan fingerprint density at radius 1 is 0.964 bits per heavy atom. The Morgan fingerprint density at radius 3 is 2.47 bits per heavy atom. The van der Waals surface area contributed by atoms with Gasteiger partial charge in [0.2, 0.25) is 0 Å². The number of rotatable bonds is 6. The number of nitrogens with zero attached hydrogens (tertiary/aromatic N) is 3. The van der Waals surface area contributed by atoms with E-state index in [1.165, 1.54) is 14.2 Å². The van der Waals surface area contributed by atoms with Gasteiger partial charge in [0.25, 0.3) is 0 Å². The fourth-order valence-corrected chi connectivity index (χ4v) is 13.2. The lowest BCUT2D eigenvalue weighted by molar-refractivity contribution is -0.181. The van der Waals surface area contributed by atoms with Gasteiger partial charge in [0.05, 0.1) is 33.0 Å². The number of hydrogen-bond acceptors (Lipinski definition) is 10. The number of aliphatic hydroxyl groups is 2. The predicted molar refractivity (Wildman–Crippen MR) is 209 cm³/mol. The maximum absolute atomic E-state index is 15.2. The molecule has 294 valence electrons. The van der Waals surface area contributed by atoms with Gasteiger partial charge < -0.3 is 34.3 Å². The van der Waals surface area contributed by atoms with Crippen LogP contribution in [-0.4, -0.2) is 121 Å². The molecule has 6 aliphatic rings. The van der Waals surface area contributed by atoms with Gasteiger partial charge in [0.1, 0.15) is 11.2 Å². The third-order valence-electron chi connectivity index (χ3n) is 15.2. The lowest BCUT2D eigenvalue weighted by Gasteiger charge is -2.60. The van der Waals surface area contributed by atoms with Crippen LogP contribution in [-0.2, 0) is 36.3 Å². The smallest absolute Gasteiger partial charge is 0.340 e. The van der Waals surface area contributed by atoms with Crippen LogP contribution in [0.1, 0.15) is 74.8 Å². The zero-order valence-electron chi connectivity index (χ0n) is 33.1. The van der Waals surface area contributed by atoms with Gasteiger partial charge in [-0.15, -0.1) is 0 Å². The van der Waals surface area contributed by atoms with Gasteiger partial charge in [0, 0.05) is 84.0 Å². The summed E-state index contributed by atoms with van der Waals surface area (Å²) >= 11 is 0. The van der Waals surface area contributed by atoms with E-state index in [2.05, 4.69) is 57.0 Å². The molecule has 9 rings (SSSR count). The van der Waals surface area contributed by atoms with Gasteiger partial charge >= 0.3 is 11.9 Å². The fourth-order valence-electron chi connectivity index (χ4n) is 13.2. The summed E-state index contributed by atoms with van der Waals surface area (Å²) in [6.45, 7) is 7.89. The lowest BCUT2D eigenvalue weighted by atomic mass is 9.49. The van der Waals surface area contributed by atoms with Crippen molar-refractivity contribution in [2.45, 2.75) is 92.9 Å². The Hall–Kier alpha value is -3.90. The molecule has 2 saturated heterocycles. The van der Waals surface area contributed by atoms with Crippen LogP contribution in [0.3, 0.4) is 0 Å². The largest absolute Gasteiger partial charge is 0.496 e. The predicted octanol–water partition coefficient (Wildman–Crippen LogP) is 4.45. The van der Waals surface area contributed by atoms with Crippen molar-refractivity contribution in [3.8, 4) is 5.75 Å². The molecule has 5 aliphatic heterocycles. The first-order chi connectivity index (χ1) is 26.4. The van der Waals surface area contributed by atoms with Crippen molar-refractivity contribution < 1.29 is 34.0 Å². The minimum atomic E-state index is -1.81. The molecule has 1 spiro atoms. The summed E-state index contributed by atoms with van der Waals surface area (Å²) in [5.74, 6) is -0.513. The molecule has 3 unspecified atom stereocenters. The third-order valence-corrected chi connectivity index (χ3v) is 15.2. The van der Waals surface area contributed by atoms with Crippen LogP contribution in [0.4, 0.5) is 5.69 Å². The molecule has 11 heteroatoms. The van der Waals surface area contributed by atoms with Gasteiger partial charge in [-0.05, 0) is 80.7 Å². The van der Waals surface area contributed by atoms with Gasteiger partial charge in [-0.1, -0.05) is 44.2 Å². The number of likely N-dealkylation sites (N-methyl/N-ethyl adjacent to an activating group) is 1. The molecule has 1 aliphatic carbocycles. The number of ether oxygens (including phenoxy) is 3. The number of anilines is 1. The van der Waals surface area contributed by atoms with Gasteiger partial charge in [-0.25, -0.2) is 4.79 Å². The first kappa shape index (κ1) is 36.7. The van der Waals surface area contributed by atoms with Crippen LogP contribution in [0.25, 0.3) is 10.9 Å². The minimum absolute atomic E-state index is 0.000384. The number of carbonyl (C=O) groups is 2. The summed E-state index contributed by atoms with van der Waals surface area (Å²) < 4.78 is 17.8. The van der Waals surface area contributed by atoms with E-state index in [-0.39, 0.29) is 24.3 Å². The Morgan fingerprint density at radius 2 is 1.75 bits per heavy atom. The SMILES string of the molecule is CC[C@]1(O)C[C@H]2CN(CCc3c([nH]c4ccccc34)C(C(=O)OC)(c3cc4c(cc3OC)N(C)[C@@H]3C45CCN4CC=C[C@@](CC)(C[C@]3(O)C(=O)OC)[C@H]45)C2)C1. The number of benzene rings is 2. The second kappa shape index (κ2) is 12.6. The number of para-hydroxylation sites is 1. The average molecular weight is 753 g/mol. The molecule has 3 N–H and O–H groups in total. The highest BCUT2D eigenvalue weighted by atomic mass is 16.5. The number of methoxy groups -OCH3 is 3. The van der Waals surface area contributed by atoms with Crippen molar-refractivity contribution in [1.29, 1.82) is 0 Å². The van der Waals surface area contributed by atoms with E-state index >= 15 is 4.79 Å². The summed E-state index contributed by atoms with van der Waals surface area (Å²) in [5.41, 5.74) is 0.205. The number of carbonyl (C=O) groups excluding carboxylic acids is 2. The van der Waals surface area contributed by atoms with E-state index in [1.54, 1.807) is 7.11 Å². The van der Waals surface area contributed by atoms with Crippen molar-refractivity contribution in [2.24, 2.45) is 11.3 Å². The molecule has 0 amide bonds. The molecule has 1 aromatic heterocycles. The van der Waals surface area contributed by atoms with Crippen LogP contribution >= 0.6 is 0 Å². The summed E-state index contributed by atoms with van der Waals surface area (Å²) in [5, 5.41) is 25.9. The number of esters is 2. The van der Waals surface area contributed by atoms with E-state index < -0.39 is 39.5 Å². The molecule has 0 radical (unpaired) electrons. The molecule has 55 heavy (non-hydrogen) atoms. The van der Waals surface area contributed by atoms with Crippen LogP contribution in [0.2, 0.25) is 0 Å². The summed E-state index contributed by atoms with van der Waals surface area (Å²) in [4.78, 5) is 40.0. The number of aromatic amines is 1. The summed E-state index contributed by atoms with van der Waals surface area (Å²) in [7, 11) is 6.44. The van der Waals surface area contributed by atoms with Gasteiger partial charge in [-0.2, -0.15) is 0 Å². The van der Waals surface area contributed by atoms with Crippen molar-refractivity contribution >= 4 is 28.5 Å². The van der Waals surface area contributed by atoms with Crippen LogP contribution in [0.5, 0.6) is 5.75 Å². The second-order valence-corrected chi connectivity index (χ2v) is 17.6. The molecule has 2 aromatic carbocycles. The molecule has 3 aromatic rings. The molecule has 3 fully saturated rings. The number of nitrogens with one attached hydrogen (secondary N) is 1. The van der Waals surface area contributed by atoms with Crippen molar-refractivity contribution in [1.82, 2.24) is 14.8 Å². The highest BCUT2D eigenvalue weighted by Crippen LogP contribution is 2.67. The third kappa shape index (κ3) is 4.76. The number of piperidine rings is 1. The van der Waals surface area contributed by atoms with Crippen molar-refractivity contribution in [3.05, 3.63) is 70.9 Å². The molecule has 2 bridgehead atoms. The van der Waals surface area contributed by atoms with E-state index in [4.69, 9.17) is 14.2 Å². The van der Waals surface area contributed by atoms with E-state index in [1.807, 2.05) is 32.2 Å². The number of H-pyrrole nitrogens is 1. The van der Waals surface area contributed by atoms with E-state index in [9.17, 15) is 15.0 Å². The maximum Gasteiger partial charge on any atom is 0.340 e. The summed E-state index contributed by atoms with van der Waals surface area (Å²) in [6, 6.07) is 11.8. The van der Waals surface area contributed by atoms with E-state index in [0.717, 1.165) is 72.4 Å². The first-order valence-electron chi connectivity index (χ1n) is 20.2. The molecular formula is C44H56N4O7. The topological polar surface area (TPSA) is 128 Å². The highest BCUT2D eigenvalue weighted by Gasteiger charge is 2.75. The Labute approximate surface area is 323 Å². The van der Waals surface area contributed by atoms with Crippen LogP contribution in [0.15, 0.2) is 48.6 Å². The van der Waals surface area contributed by atoms with Crippen molar-refractivity contribution in [3.63, 3.8) is 0 Å². The Kier molecular flexibility index (Phi) is 8.38. The number of fused-ring (bicyclic) bond motifs is 6. The molecule has 6 heterocycles. The zero-order chi connectivity index (χ0) is 38.7. The lowest BCUT2D eigenvalue weighted by Crippen LogP contribution is -2.74. The fraction of sp³-hybridized carbons (Fsp3) is 0.591. The first-order valence-corrected chi connectivity index (χ1v) is 20.2. The Bertz CT molecular complexity index is 2100. The molecular weight excluding hydrogens is 697 g/mol. The van der Waals surface area contributed by atoms with Gasteiger partial charge in [0.15, 0.2) is 5.60 Å². The van der Waals surface area contributed by atoms with Crippen LogP contribution < -0.4 is 9.64 Å². The molecule has 1 saturated carbocycles. The highest BCUT2D eigenvalue weighted by molar-refractivity contribution is 5.94. The summed E-state index contributed by atoms with van der Waals surface area (Å²) in [6.07, 6.45) is 8.41. The quantitative estimate of drug-likeness (QED) is 0.246. The number of aromatic nitrogens is 1. The van der Waals surface area contributed by atoms with Crippen LogP contribution in [0, 0.1) is 11.3 Å². The maximum atomic E-state index is 15.2. The normalized spacial score (nSPS) is 37.6. The molecule has 11 nitrogen and oxygen atoms in total. The van der Waals surface area contributed by atoms with E-state index in [0.29, 0.717) is 43.5 Å². The number of hydrogen-bond donors (Lipinski definition) is 3. The Balaban J connectivity index is 1.36. The monoisotopic (exact) mass is 752 g/mol. The second-order valence-electron chi connectivity index (χ2n) is 17.6. The minimum Gasteiger partial charge on any atom is -0.496 e. The van der Waals surface area contributed by atoms with Crippen molar-refractivity contribution in [2.75, 3.05) is 66.0 Å². The van der Waals surface area contributed by atoms with Gasteiger partial charge in [-0.3, -0.25) is 14.6 Å². The zero-order valence-corrected chi connectivity index (χ0v) is 33.1. The molecule has 9 atom stereocenters.